The maximum atomic E-state index is 11.4. The third kappa shape index (κ3) is 2.52. The second-order valence-electron chi connectivity index (χ2n) is 3.67. The first-order valence-electron chi connectivity index (χ1n) is 5.12. The number of carbonyl (C=O) groups is 3. The van der Waals surface area contributed by atoms with Crippen LogP contribution in [0.5, 0.6) is 0 Å². The molecule has 2 rings (SSSR count). The molecule has 0 radical (unpaired) electrons. The highest BCUT2D eigenvalue weighted by molar-refractivity contribution is 8.14. The number of hydrogen-bond donors (Lipinski definition) is 2. The van der Waals surface area contributed by atoms with E-state index in [0.29, 0.717) is 5.56 Å². The van der Waals surface area contributed by atoms with Crippen molar-refractivity contribution in [2.24, 2.45) is 0 Å². The van der Waals surface area contributed by atoms with E-state index in [4.69, 9.17) is 5.21 Å². The zero-order valence-electron chi connectivity index (χ0n) is 9.25. The van der Waals surface area contributed by atoms with E-state index in [-0.39, 0.29) is 23.4 Å². The van der Waals surface area contributed by atoms with Gasteiger partial charge in [-0.15, -0.1) is 0 Å². The van der Waals surface area contributed by atoms with E-state index < -0.39 is 5.91 Å². The van der Waals surface area contributed by atoms with Crippen molar-refractivity contribution < 1.29 is 19.6 Å². The predicted octanol–water partition coefficient (Wildman–Crippen LogP) is 1.00. The topological polar surface area (TPSA) is 86.7 Å². The first-order chi connectivity index (χ1) is 8.61. The number of imide groups is 1. The van der Waals surface area contributed by atoms with Gasteiger partial charge < -0.3 is 0 Å². The minimum Gasteiger partial charge on any atom is -0.288 e. The Morgan fingerprint density at radius 1 is 1.33 bits per heavy atom. The Morgan fingerprint density at radius 2 is 2.00 bits per heavy atom. The van der Waals surface area contributed by atoms with E-state index in [1.165, 1.54) is 22.5 Å². The molecule has 0 aromatic heterocycles. The third-order valence-corrected chi connectivity index (χ3v) is 3.36. The van der Waals surface area contributed by atoms with Gasteiger partial charge in [-0.05, 0) is 17.7 Å². The Balaban J connectivity index is 2.09. The van der Waals surface area contributed by atoms with Crippen molar-refractivity contribution >= 4 is 28.8 Å². The first-order valence-corrected chi connectivity index (χ1v) is 6.11. The molecule has 0 spiro atoms. The SMILES string of the molecule is O=C(NO)c1ccc(CN2C(=O)CSC2=O)cc1. The number of amides is 3. The van der Waals surface area contributed by atoms with Crippen molar-refractivity contribution in [2.75, 3.05) is 5.75 Å². The number of hydroxylamine groups is 1. The summed E-state index contributed by atoms with van der Waals surface area (Å²) in [4.78, 5) is 35.0. The van der Waals surface area contributed by atoms with Gasteiger partial charge in [-0.1, -0.05) is 23.9 Å². The van der Waals surface area contributed by atoms with Crippen LogP contribution in [0.15, 0.2) is 24.3 Å². The Kier molecular flexibility index (Phi) is 3.63. The minimum atomic E-state index is -0.606. The molecule has 0 aliphatic carbocycles. The van der Waals surface area contributed by atoms with E-state index in [1.807, 2.05) is 0 Å². The fourth-order valence-electron chi connectivity index (χ4n) is 1.54. The van der Waals surface area contributed by atoms with Crippen LogP contribution in [-0.2, 0) is 11.3 Å². The molecule has 1 aromatic carbocycles. The fourth-order valence-corrected chi connectivity index (χ4v) is 2.27. The Hall–Kier alpha value is -1.86. The summed E-state index contributed by atoms with van der Waals surface area (Å²) in [7, 11) is 0. The van der Waals surface area contributed by atoms with Crippen LogP contribution in [0.2, 0.25) is 0 Å². The molecule has 0 saturated carbocycles. The quantitative estimate of drug-likeness (QED) is 0.629. The molecule has 1 heterocycles. The second-order valence-corrected chi connectivity index (χ2v) is 4.60. The van der Waals surface area contributed by atoms with E-state index in [2.05, 4.69) is 0 Å². The van der Waals surface area contributed by atoms with Crippen molar-refractivity contribution in [2.45, 2.75) is 6.54 Å². The number of nitrogens with one attached hydrogen (secondary N) is 1. The number of carbonyl (C=O) groups excluding carboxylic acids is 3. The highest BCUT2D eigenvalue weighted by atomic mass is 32.2. The molecule has 1 fully saturated rings. The minimum absolute atomic E-state index is 0.184. The highest BCUT2D eigenvalue weighted by Crippen LogP contribution is 2.21. The average Bonchev–Trinajstić information content (AvgIpc) is 2.70. The van der Waals surface area contributed by atoms with Crippen molar-refractivity contribution in [1.29, 1.82) is 0 Å². The lowest BCUT2D eigenvalue weighted by atomic mass is 10.1. The van der Waals surface area contributed by atoms with Gasteiger partial charge in [0.1, 0.15) is 0 Å². The van der Waals surface area contributed by atoms with Crippen LogP contribution in [0.4, 0.5) is 4.79 Å². The summed E-state index contributed by atoms with van der Waals surface area (Å²) in [6.45, 7) is 0.200. The molecule has 0 atom stereocenters. The Labute approximate surface area is 107 Å². The van der Waals surface area contributed by atoms with Crippen molar-refractivity contribution in [3.8, 4) is 0 Å². The molecule has 3 amide bonds. The summed E-state index contributed by atoms with van der Waals surface area (Å²) in [5, 5.41) is 8.20. The van der Waals surface area contributed by atoms with Gasteiger partial charge in [0, 0.05) is 5.56 Å². The van der Waals surface area contributed by atoms with Crippen LogP contribution in [0, 0.1) is 0 Å². The zero-order chi connectivity index (χ0) is 13.1. The summed E-state index contributed by atoms with van der Waals surface area (Å²) in [6, 6.07) is 6.29. The lowest BCUT2D eigenvalue weighted by Gasteiger charge is -2.12. The molecule has 18 heavy (non-hydrogen) atoms. The van der Waals surface area contributed by atoms with Gasteiger partial charge in [0.05, 0.1) is 12.3 Å². The van der Waals surface area contributed by atoms with E-state index in [0.717, 1.165) is 17.3 Å². The smallest absolute Gasteiger partial charge is 0.288 e. The second kappa shape index (κ2) is 5.19. The van der Waals surface area contributed by atoms with Gasteiger partial charge in [0.15, 0.2) is 0 Å². The number of thioether (sulfide) groups is 1. The van der Waals surface area contributed by atoms with Crippen LogP contribution in [-0.4, -0.2) is 32.9 Å². The van der Waals surface area contributed by atoms with Gasteiger partial charge in [0.2, 0.25) is 5.91 Å². The fraction of sp³-hybridized carbons (Fsp3) is 0.182. The normalized spacial score (nSPS) is 15.1. The summed E-state index contributed by atoms with van der Waals surface area (Å²) in [5.41, 5.74) is 2.57. The molecule has 94 valence electrons. The lowest BCUT2D eigenvalue weighted by molar-refractivity contribution is -0.125. The van der Waals surface area contributed by atoms with E-state index in [1.54, 1.807) is 12.1 Å². The summed E-state index contributed by atoms with van der Waals surface area (Å²) >= 11 is 0.985. The molecule has 1 aliphatic heterocycles. The Bertz CT molecular complexity index is 484. The van der Waals surface area contributed by atoms with Crippen LogP contribution in [0.1, 0.15) is 15.9 Å². The lowest BCUT2D eigenvalue weighted by Crippen LogP contribution is -2.27. The van der Waals surface area contributed by atoms with Gasteiger partial charge in [-0.3, -0.25) is 24.5 Å². The van der Waals surface area contributed by atoms with Gasteiger partial charge in [0.25, 0.3) is 11.1 Å². The van der Waals surface area contributed by atoms with Gasteiger partial charge in [-0.25, -0.2) is 5.48 Å². The third-order valence-electron chi connectivity index (χ3n) is 2.50. The number of benzene rings is 1. The van der Waals surface area contributed by atoms with Crippen molar-refractivity contribution in [3.05, 3.63) is 35.4 Å². The number of nitrogens with zero attached hydrogens (tertiary/aromatic N) is 1. The molecular weight excluding hydrogens is 256 g/mol. The van der Waals surface area contributed by atoms with E-state index in [9.17, 15) is 14.4 Å². The summed E-state index contributed by atoms with van der Waals surface area (Å²) in [6.07, 6.45) is 0. The van der Waals surface area contributed by atoms with Crippen LogP contribution in [0.3, 0.4) is 0 Å². The summed E-state index contributed by atoms with van der Waals surface area (Å²) in [5.74, 6) is -0.628. The first kappa shape index (κ1) is 12.6. The highest BCUT2D eigenvalue weighted by Gasteiger charge is 2.29. The van der Waals surface area contributed by atoms with Crippen molar-refractivity contribution in [1.82, 2.24) is 10.4 Å². The predicted molar refractivity (Wildman–Crippen MR) is 64.1 cm³/mol. The molecule has 2 N–H and O–H groups in total. The van der Waals surface area contributed by atoms with Crippen molar-refractivity contribution in [3.63, 3.8) is 0 Å². The average molecular weight is 266 g/mol. The van der Waals surface area contributed by atoms with E-state index >= 15 is 0 Å². The number of hydrogen-bond acceptors (Lipinski definition) is 5. The van der Waals surface area contributed by atoms with Crippen LogP contribution < -0.4 is 5.48 Å². The van der Waals surface area contributed by atoms with Gasteiger partial charge in [-0.2, -0.15) is 0 Å². The van der Waals surface area contributed by atoms with Crippen LogP contribution in [0.25, 0.3) is 0 Å². The number of rotatable bonds is 3. The maximum absolute atomic E-state index is 11.4. The molecule has 6 nitrogen and oxygen atoms in total. The molecule has 1 aliphatic rings. The maximum Gasteiger partial charge on any atom is 0.289 e. The van der Waals surface area contributed by atoms with Crippen LogP contribution >= 0.6 is 11.8 Å². The molecule has 1 saturated heterocycles. The molecule has 7 heteroatoms. The molecule has 0 bridgehead atoms. The molecule has 1 aromatic rings. The Morgan fingerprint density at radius 3 is 2.50 bits per heavy atom. The molecular formula is C11H10N2O4S. The zero-order valence-corrected chi connectivity index (χ0v) is 10.1. The largest absolute Gasteiger partial charge is 0.289 e. The standard InChI is InChI=1S/C11H10N2O4S/c14-9-6-18-11(16)13(9)5-7-1-3-8(4-2-7)10(15)12-17/h1-4,17H,5-6H2,(H,12,15). The summed E-state index contributed by atoms with van der Waals surface area (Å²) < 4.78 is 0. The monoisotopic (exact) mass is 266 g/mol. The van der Waals surface area contributed by atoms with Gasteiger partial charge >= 0.3 is 0 Å². The molecule has 0 unspecified atom stereocenters.